The second kappa shape index (κ2) is 10.7. The van der Waals surface area contributed by atoms with E-state index in [9.17, 15) is 13.2 Å². The molecule has 0 aliphatic carbocycles. The molecule has 0 saturated carbocycles. The predicted molar refractivity (Wildman–Crippen MR) is 129 cm³/mol. The van der Waals surface area contributed by atoms with Crippen molar-refractivity contribution < 1.29 is 22.7 Å². The number of aryl methyl sites for hydroxylation is 1. The van der Waals surface area contributed by atoms with Gasteiger partial charge in [0.15, 0.2) is 5.75 Å². The van der Waals surface area contributed by atoms with Gasteiger partial charge in [-0.15, -0.1) is 0 Å². The molecule has 0 aliphatic rings. The van der Waals surface area contributed by atoms with Crippen molar-refractivity contribution in [1.29, 1.82) is 0 Å². The average Bonchev–Trinajstić information content (AvgIpc) is 2.77. The Hall–Kier alpha value is -3.07. The zero-order valence-electron chi connectivity index (χ0n) is 18.5. The molecule has 0 heterocycles. The molecule has 0 aliphatic heterocycles. The molecule has 0 unspecified atom stereocenters. The summed E-state index contributed by atoms with van der Waals surface area (Å²) in [6.45, 7) is 5.54. The number of sulfonamides is 1. The number of anilines is 1. The van der Waals surface area contributed by atoms with Gasteiger partial charge >= 0.3 is 0 Å². The molecule has 174 valence electrons. The first-order valence-electron chi connectivity index (χ1n) is 10.3. The Bertz CT molecular complexity index is 1230. The Morgan fingerprint density at radius 2 is 1.73 bits per heavy atom. The maximum atomic E-state index is 12.8. The van der Waals surface area contributed by atoms with E-state index in [0.717, 1.165) is 0 Å². The molecular weight excluding hydrogens is 464 g/mol. The molecular formula is C24H25ClN2O5S. The fourth-order valence-corrected chi connectivity index (χ4v) is 4.47. The van der Waals surface area contributed by atoms with Gasteiger partial charge in [-0.3, -0.25) is 4.79 Å². The summed E-state index contributed by atoms with van der Waals surface area (Å²) < 4.78 is 39.3. The third kappa shape index (κ3) is 6.47. The number of rotatable bonds is 9. The van der Waals surface area contributed by atoms with Gasteiger partial charge in [-0.25, -0.2) is 8.42 Å². The molecule has 3 aromatic carbocycles. The minimum absolute atomic E-state index is 0.0407. The van der Waals surface area contributed by atoms with Crippen LogP contribution in [-0.4, -0.2) is 27.0 Å². The molecule has 3 rings (SSSR count). The largest absolute Gasteiger partial charge is 0.494 e. The van der Waals surface area contributed by atoms with Gasteiger partial charge in [0, 0.05) is 5.02 Å². The zero-order valence-corrected chi connectivity index (χ0v) is 20.0. The molecule has 33 heavy (non-hydrogen) atoms. The minimum Gasteiger partial charge on any atom is -0.494 e. The summed E-state index contributed by atoms with van der Waals surface area (Å²) >= 11 is 6.09. The number of nitrogens with one attached hydrogen (secondary N) is 2. The molecule has 1 amide bonds. The number of carbonyl (C=O) groups excluding carboxylic acids is 1. The number of ether oxygens (including phenoxy) is 2. The van der Waals surface area contributed by atoms with Gasteiger partial charge in [-0.2, -0.15) is 4.72 Å². The highest BCUT2D eigenvalue weighted by Crippen LogP contribution is 2.32. The van der Waals surface area contributed by atoms with Crippen LogP contribution in [-0.2, 0) is 14.8 Å². The SMILES string of the molecule is CCOc1ccc(S(=O)(=O)N[C@H](C)C(=O)Nc2cc(Cl)ccc2Oc2ccccc2)cc1C. The molecule has 3 aromatic rings. The lowest BCUT2D eigenvalue weighted by molar-refractivity contribution is -0.117. The van der Waals surface area contributed by atoms with E-state index in [-0.39, 0.29) is 4.90 Å². The highest BCUT2D eigenvalue weighted by Gasteiger charge is 2.23. The molecule has 1 atom stereocenters. The number of halogens is 1. The molecule has 0 bridgehead atoms. The standard InChI is InChI=1S/C24H25ClN2O5S/c1-4-31-22-13-11-20(14-16(22)2)33(29,30)27-17(3)24(28)26-21-15-18(25)10-12-23(21)32-19-8-6-5-7-9-19/h5-15,17,27H,4H2,1-3H3,(H,26,28)/t17-/m1/s1. The number of benzene rings is 3. The molecule has 9 heteroatoms. The maximum absolute atomic E-state index is 12.8. The summed E-state index contributed by atoms with van der Waals surface area (Å²) in [5, 5.41) is 3.08. The van der Waals surface area contributed by atoms with Crippen molar-refractivity contribution >= 4 is 33.2 Å². The van der Waals surface area contributed by atoms with E-state index in [1.165, 1.54) is 25.1 Å². The fourth-order valence-electron chi connectivity index (χ4n) is 3.01. The Balaban J connectivity index is 1.74. The van der Waals surface area contributed by atoms with Crippen molar-refractivity contribution in [3.63, 3.8) is 0 Å². The number of carbonyl (C=O) groups is 1. The number of hydrogen-bond donors (Lipinski definition) is 2. The van der Waals surface area contributed by atoms with Crippen LogP contribution in [0.4, 0.5) is 5.69 Å². The van der Waals surface area contributed by atoms with Crippen LogP contribution in [0.5, 0.6) is 17.2 Å². The Labute approximate surface area is 198 Å². The second-order valence-corrected chi connectivity index (χ2v) is 9.40. The summed E-state index contributed by atoms with van der Waals surface area (Å²) in [5.74, 6) is 0.988. The van der Waals surface area contributed by atoms with E-state index in [4.69, 9.17) is 21.1 Å². The molecule has 0 radical (unpaired) electrons. The van der Waals surface area contributed by atoms with E-state index >= 15 is 0 Å². The first kappa shape index (κ1) is 24.6. The predicted octanol–water partition coefficient (Wildman–Crippen LogP) is 5.14. The first-order valence-corrected chi connectivity index (χ1v) is 12.1. The molecule has 0 fully saturated rings. The van der Waals surface area contributed by atoms with E-state index in [0.29, 0.717) is 40.1 Å². The van der Waals surface area contributed by atoms with Crippen molar-refractivity contribution in [3.8, 4) is 17.2 Å². The van der Waals surface area contributed by atoms with Gasteiger partial charge in [-0.1, -0.05) is 29.8 Å². The third-order valence-electron chi connectivity index (χ3n) is 4.65. The quantitative estimate of drug-likeness (QED) is 0.434. The van der Waals surface area contributed by atoms with E-state index in [1.54, 1.807) is 37.3 Å². The lowest BCUT2D eigenvalue weighted by Crippen LogP contribution is -2.41. The van der Waals surface area contributed by atoms with Crippen LogP contribution in [0.3, 0.4) is 0 Å². The van der Waals surface area contributed by atoms with Crippen molar-refractivity contribution in [3.05, 3.63) is 77.3 Å². The topological polar surface area (TPSA) is 93.7 Å². The summed E-state index contributed by atoms with van der Waals surface area (Å²) in [6.07, 6.45) is 0. The smallest absolute Gasteiger partial charge is 0.242 e. The lowest BCUT2D eigenvalue weighted by Gasteiger charge is -2.17. The van der Waals surface area contributed by atoms with Crippen molar-refractivity contribution in [2.45, 2.75) is 31.7 Å². The molecule has 0 saturated heterocycles. The van der Waals surface area contributed by atoms with Crippen molar-refractivity contribution in [2.75, 3.05) is 11.9 Å². The van der Waals surface area contributed by atoms with Crippen molar-refractivity contribution in [2.24, 2.45) is 0 Å². The zero-order chi connectivity index (χ0) is 24.0. The third-order valence-corrected chi connectivity index (χ3v) is 6.43. The maximum Gasteiger partial charge on any atom is 0.242 e. The summed E-state index contributed by atoms with van der Waals surface area (Å²) in [5.41, 5.74) is 0.998. The fraction of sp³-hybridized carbons (Fsp3) is 0.208. The van der Waals surface area contributed by atoms with Crippen LogP contribution < -0.4 is 19.5 Å². The van der Waals surface area contributed by atoms with Crippen LogP contribution >= 0.6 is 11.6 Å². The van der Waals surface area contributed by atoms with Crippen LogP contribution in [0, 0.1) is 6.92 Å². The number of hydrogen-bond acceptors (Lipinski definition) is 5. The molecule has 2 N–H and O–H groups in total. The average molecular weight is 489 g/mol. The van der Waals surface area contributed by atoms with E-state index in [2.05, 4.69) is 10.0 Å². The summed E-state index contributed by atoms with van der Waals surface area (Å²) in [7, 11) is -3.94. The number of amides is 1. The van der Waals surface area contributed by atoms with Crippen LogP contribution in [0.2, 0.25) is 5.02 Å². The van der Waals surface area contributed by atoms with Crippen LogP contribution in [0.1, 0.15) is 19.4 Å². The Morgan fingerprint density at radius 3 is 2.39 bits per heavy atom. The van der Waals surface area contributed by atoms with Crippen LogP contribution in [0.15, 0.2) is 71.6 Å². The molecule has 0 spiro atoms. The molecule has 0 aromatic heterocycles. The summed E-state index contributed by atoms with van der Waals surface area (Å²) in [4.78, 5) is 12.8. The van der Waals surface area contributed by atoms with Crippen LogP contribution in [0.25, 0.3) is 0 Å². The van der Waals surface area contributed by atoms with Gasteiger partial charge < -0.3 is 14.8 Å². The number of para-hydroxylation sites is 1. The minimum atomic E-state index is -3.94. The first-order chi connectivity index (χ1) is 15.7. The van der Waals surface area contributed by atoms with E-state index < -0.39 is 22.0 Å². The van der Waals surface area contributed by atoms with Gasteiger partial charge in [0.05, 0.1) is 23.2 Å². The van der Waals surface area contributed by atoms with Gasteiger partial charge in [0.1, 0.15) is 11.5 Å². The molecule has 7 nitrogen and oxygen atoms in total. The second-order valence-electron chi connectivity index (χ2n) is 7.25. The van der Waals surface area contributed by atoms with Crippen molar-refractivity contribution in [1.82, 2.24) is 4.72 Å². The highest BCUT2D eigenvalue weighted by atomic mass is 35.5. The Kier molecular flexibility index (Phi) is 7.97. The Morgan fingerprint density at radius 1 is 1.03 bits per heavy atom. The normalized spacial score (nSPS) is 12.1. The van der Waals surface area contributed by atoms with E-state index in [1.807, 2.05) is 25.1 Å². The van der Waals surface area contributed by atoms with Gasteiger partial charge in [0.2, 0.25) is 15.9 Å². The van der Waals surface area contributed by atoms with Gasteiger partial charge in [-0.05, 0) is 74.9 Å². The lowest BCUT2D eigenvalue weighted by atomic mass is 10.2. The highest BCUT2D eigenvalue weighted by molar-refractivity contribution is 7.89. The van der Waals surface area contributed by atoms with Gasteiger partial charge in [0.25, 0.3) is 0 Å². The monoisotopic (exact) mass is 488 g/mol. The summed E-state index contributed by atoms with van der Waals surface area (Å²) in [6, 6.07) is 17.3.